The molecular formula is C16H23ClFN3O4S. The van der Waals surface area contributed by atoms with Gasteiger partial charge in [-0.3, -0.25) is 4.79 Å². The number of carbonyl (C=O) groups is 1. The molecule has 10 heteroatoms. The fourth-order valence-corrected chi connectivity index (χ4v) is 4.51. The Labute approximate surface area is 158 Å². The second kappa shape index (κ2) is 9.09. The quantitative estimate of drug-likeness (QED) is 0.786. The molecular weight excluding hydrogens is 385 g/mol. The van der Waals surface area contributed by atoms with E-state index in [2.05, 4.69) is 10.6 Å². The van der Waals surface area contributed by atoms with Gasteiger partial charge in [0.1, 0.15) is 10.7 Å². The lowest BCUT2D eigenvalue weighted by atomic mass is 10.0. The van der Waals surface area contributed by atoms with E-state index in [4.69, 9.17) is 4.74 Å². The number of hydrogen-bond acceptors (Lipinski definition) is 5. The highest BCUT2D eigenvalue weighted by atomic mass is 35.5. The number of carbonyl (C=O) groups excluding carboxylic acids is 1. The number of benzene rings is 1. The van der Waals surface area contributed by atoms with Crippen LogP contribution in [0.3, 0.4) is 0 Å². The van der Waals surface area contributed by atoms with E-state index < -0.39 is 20.7 Å². The molecule has 2 aliphatic heterocycles. The Morgan fingerprint density at radius 3 is 2.65 bits per heavy atom. The summed E-state index contributed by atoms with van der Waals surface area (Å²) in [6.07, 6.45) is 2.72. The van der Waals surface area contributed by atoms with Gasteiger partial charge in [0.05, 0.1) is 19.3 Å². The number of hydrogen-bond donors (Lipinski definition) is 2. The zero-order valence-electron chi connectivity index (χ0n) is 14.2. The fourth-order valence-electron chi connectivity index (χ4n) is 3.01. The van der Waals surface area contributed by atoms with E-state index in [0.717, 1.165) is 31.9 Å². The maximum atomic E-state index is 14.2. The normalized spacial score (nSPS) is 21.7. The van der Waals surface area contributed by atoms with Crippen molar-refractivity contribution in [2.24, 2.45) is 0 Å². The molecule has 3 rings (SSSR count). The Bertz CT molecular complexity index is 735. The van der Waals surface area contributed by atoms with Crippen LogP contribution in [0.2, 0.25) is 0 Å². The molecule has 0 aromatic heterocycles. The highest BCUT2D eigenvalue weighted by molar-refractivity contribution is 7.89. The lowest BCUT2D eigenvalue weighted by molar-refractivity contribution is -0.118. The lowest BCUT2D eigenvalue weighted by Crippen LogP contribution is -2.43. The smallest absolute Gasteiger partial charge is 0.246 e. The van der Waals surface area contributed by atoms with Gasteiger partial charge in [-0.25, -0.2) is 12.8 Å². The number of halogens is 2. The van der Waals surface area contributed by atoms with Gasteiger partial charge in [0.2, 0.25) is 15.9 Å². The number of ether oxygens (including phenoxy) is 1. The largest absolute Gasteiger partial charge is 0.379 e. The summed E-state index contributed by atoms with van der Waals surface area (Å²) in [7, 11) is -3.96. The van der Waals surface area contributed by atoms with Gasteiger partial charge in [-0.2, -0.15) is 4.31 Å². The Morgan fingerprint density at radius 1 is 1.27 bits per heavy atom. The molecule has 2 heterocycles. The molecule has 0 aliphatic carbocycles. The molecule has 7 nitrogen and oxygen atoms in total. The van der Waals surface area contributed by atoms with E-state index >= 15 is 0 Å². The van der Waals surface area contributed by atoms with Crippen molar-refractivity contribution in [2.45, 2.75) is 30.2 Å². The van der Waals surface area contributed by atoms with Gasteiger partial charge in [0, 0.05) is 18.8 Å². The molecule has 0 saturated carbocycles. The number of anilines is 1. The molecule has 26 heavy (non-hydrogen) atoms. The molecule has 1 aromatic carbocycles. The predicted octanol–water partition coefficient (Wildman–Crippen LogP) is 1.35. The van der Waals surface area contributed by atoms with E-state index in [1.165, 1.54) is 16.4 Å². The molecule has 0 bridgehead atoms. The Balaban J connectivity index is 0.00000243. The van der Waals surface area contributed by atoms with Gasteiger partial charge >= 0.3 is 0 Å². The highest BCUT2D eigenvalue weighted by Crippen LogP contribution is 2.24. The van der Waals surface area contributed by atoms with Gasteiger partial charge in [-0.05, 0) is 37.6 Å². The minimum Gasteiger partial charge on any atom is -0.379 e. The average molecular weight is 408 g/mol. The standard InChI is InChI=1S/C16H22FN3O4S.ClH/c17-13-5-4-12(19-16(21)14-3-1-2-6-18-14)11-15(13)25(22,23)20-7-9-24-10-8-20;/h4-5,11,14,18H,1-3,6-10H2,(H,19,21);1H. The van der Waals surface area contributed by atoms with Crippen molar-refractivity contribution in [3.8, 4) is 0 Å². The third-order valence-corrected chi connectivity index (χ3v) is 6.33. The van der Waals surface area contributed by atoms with Crippen LogP contribution in [0.25, 0.3) is 0 Å². The third-order valence-electron chi connectivity index (χ3n) is 4.41. The first-order valence-corrected chi connectivity index (χ1v) is 9.84. The summed E-state index contributed by atoms with van der Waals surface area (Å²) < 4.78 is 45.8. The van der Waals surface area contributed by atoms with Crippen molar-refractivity contribution in [3.05, 3.63) is 24.0 Å². The SMILES string of the molecule is Cl.O=C(Nc1ccc(F)c(S(=O)(=O)N2CCOCC2)c1)C1CCCCN1. The molecule has 1 atom stereocenters. The van der Waals surface area contributed by atoms with Crippen LogP contribution in [-0.2, 0) is 19.6 Å². The maximum absolute atomic E-state index is 14.2. The molecule has 0 spiro atoms. The number of sulfonamides is 1. The van der Waals surface area contributed by atoms with E-state index in [0.29, 0.717) is 0 Å². The van der Waals surface area contributed by atoms with Crippen LogP contribution in [0.1, 0.15) is 19.3 Å². The molecule has 146 valence electrons. The summed E-state index contributed by atoms with van der Waals surface area (Å²) in [5.74, 6) is -1.07. The molecule has 2 N–H and O–H groups in total. The summed E-state index contributed by atoms with van der Waals surface area (Å²) in [5.41, 5.74) is 0.269. The zero-order chi connectivity index (χ0) is 17.9. The topological polar surface area (TPSA) is 87.7 Å². The molecule has 2 aliphatic rings. The summed E-state index contributed by atoms with van der Waals surface area (Å²) in [4.78, 5) is 11.8. The first-order valence-electron chi connectivity index (χ1n) is 8.40. The molecule has 2 saturated heterocycles. The van der Waals surface area contributed by atoms with Crippen LogP contribution in [0.15, 0.2) is 23.1 Å². The predicted molar refractivity (Wildman–Crippen MR) is 97.5 cm³/mol. The Hall–Kier alpha value is -1.26. The number of piperidine rings is 1. The number of morpholine rings is 1. The number of nitrogens with one attached hydrogen (secondary N) is 2. The van der Waals surface area contributed by atoms with Crippen LogP contribution < -0.4 is 10.6 Å². The van der Waals surface area contributed by atoms with Gasteiger partial charge in [0.25, 0.3) is 0 Å². The minimum absolute atomic E-state index is 0. The molecule has 1 aromatic rings. The summed E-state index contributed by atoms with van der Waals surface area (Å²) >= 11 is 0. The minimum atomic E-state index is -3.96. The molecule has 0 radical (unpaired) electrons. The molecule has 1 unspecified atom stereocenters. The van der Waals surface area contributed by atoms with Crippen LogP contribution in [-0.4, -0.2) is 57.5 Å². The van der Waals surface area contributed by atoms with Crippen molar-refractivity contribution >= 4 is 34.0 Å². The number of rotatable bonds is 4. The molecule has 2 fully saturated rings. The van der Waals surface area contributed by atoms with Crippen LogP contribution in [0.5, 0.6) is 0 Å². The average Bonchev–Trinajstić information content (AvgIpc) is 2.64. The van der Waals surface area contributed by atoms with Crippen LogP contribution in [0.4, 0.5) is 10.1 Å². The first kappa shape index (κ1) is 21.0. The molecule has 1 amide bonds. The van der Waals surface area contributed by atoms with Crippen LogP contribution in [0, 0.1) is 5.82 Å². The van der Waals surface area contributed by atoms with E-state index in [9.17, 15) is 17.6 Å². The Kier molecular flexibility index (Phi) is 7.36. The van der Waals surface area contributed by atoms with Crippen molar-refractivity contribution in [3.63, 3.8) is 0 Å². The van der Waals surface area contributed by atoms with Gasteiger partial charge in [-0.15, -0.1) is 12.4 Å². The van der Waals surface area contributed by atoms with Crippen molar-refractivity contribution < 1.29 is 22.3 Å². The monoisotopic (exact) mass is 407 g/mol. The lowest BCUT2D eigenvalue weighted by Gasteiger charge is -2.26. The summed E-state index contributed by atoms with van der Waals surface area (Å²) in [6, 6.07) is 3.31. The third kappa shape index (κ3) is 4.72. The van der Waals surface area contributed by atoms with Gasteiger partial charge in [0.15, 0.2) is 0 Å². The van der Waals surface area contributed by atoms with Crippen molar-refractivity contribution in [1.82, 2.24) is 9.62 Å². The zero-order valence-corrected chi connectivity index (χ0v) is 15.9. The number of nitrogens with zero attached hydrogens (tertiary/aromatic N) is 1. The van der Waals surface area contributed by atoms with E-state index in [1.54, 1.807) is 0 Å². The second-order valence-corrected chi connectivity index (χ2v) is 8.06. The highest BCUT2D eigenvalue weighted by Gasteiger charge is 2.29. The first-order chi connectivity index (χ1) is 12.0. The van der Waals surface area contributed by atoms with Crippen LogP contribution >= 0.6 is 12.4 Å². The summed E-state index contributed by atoms with van der Waals surface area (Å²) in [6.45, 7) is 1.71. The number of amides is 1. The summed E-state index contributed by atoms with van der Waals surface area (Å²) in [5, 5.41) is 5.80. The fraction of sp³-hybridized carbons (Fsp3) is 0.562. The van der Waals surface area contributed by atoms with E-state index in [-0.39, 0.29) is 56.3 Å². The van der Waals surface area contributed by atoms with Gasteiger partial charge < -0.3 is 15.4 Å². The maximum Gasteiger partial charge on any atom is 0.246 e. The van der Waals surface area contributed by atoms with Crippen molar-refractivity contribution in [2.75, 3.05) is 38.2 Å². The Morgan fingerprint density at radius 2 is 2.00 bits per heavy atom. The van der Waals surface area contributed by atoms with Gasteiger partial charge in [-0.1, -0.05) is 6.42 Å². The van der Waals surface area contributed by atoms with Crippen molar-refractivity contribution in [1.29, 1.82) is 0 Å². The van der Waals surface area contributed by atoms with E-state index in [1.807, 2.05) is 0 Å². The second-order valence-electron chi connectivity index (χ2n) is 6.15.